The largest absolute Gasteiger partial charge is 0.416 e. The average molecular weight is 500 g/mol. The molecule has 3 N–H and O–H groups in total. The second-order valence-electron chi connectivity index (χ2n) is 8.97. The van der Waals surface area contributed by atoms with Crippen LogP contribution in [-0.2, 0) is 16.2 Å². The molecule has 4 rings (SSSR count). The molecule has 1 aliphatic heterocycles. The SMILES string of the molecule is C1CCN(C2CCCC2)CC1.Cc1cc(-c2ccc(C(F)(F)F)cc2NS(C)(=O)=O)nnc1N. The van der Waals surface area contributed by atoms with Gasteiger partial charge in [-0.15, -0.1) is 10.2 Å². The maximum atomic E-state index is 12.8. The van der Waals surface area contributed by atoms with Gasteiger partial charge in [-0.05, 0) is 69.5 Å². The number of nitrogen functional groups attached to an aromatic ring is 1. The van der Waals surface area contributed by atoms with E-state index in [0.29, 0.717) is 11.6 Å². The minimum Gasteiger partial charge on any atom is -0.382 e. The second-order valence-corrected chi connectivity index (χ2v) is 10.7. The summed E-state index contributed by atoms with van der Waals surface area (Å²) in [6, 6.07) is 5.18. The number of nitrogens with two attached hydrogens (primary N) is 1. The first kappa shape index (κ1) is 26.2. The molecular formula is C23H32F3N5O2S. The molecule has 2 fully saturated rings. The Hall–Kier alpha value is -2.40. The van der Waals surface area contributed by atoms with Crippen molar-refractivity contribution in [3.63, 3.8) is 0 Å². The fourth-order valence-electron chi connectivity index (χ4n) is 4.41. The van der Waals surface area contributed by atoms with E-state index in [1.54, 1.807) is 6.92 Å². The maximum absolute atomic E-state index is 12.8. The quantitative estimate of drug-likeness (QED) is 0.624. The van der Waals surface area contributed by atoms with Gasteiger partial charge < -0.3 is 10.6 Å². The van der Waals surface area contributed by atoms with Crippen molar-refractivity contribution in [2.45, 2.75) is 64.1 Å². The number of piperidine rings is 1. The van der Waals surface area contributed by atoms with E-state index in [-0.39, 0.29) is 22.8 Å². The zero-order chi connectivity index (χ0) is 24.9. The van der Waals surface area contributed by atoms with Gasteiger partial charge in [0.15, 0.2) is 0 Å². The van der Waals surface area contributed by atoms with Gasteiger partial charge in [0.05, 0.1) is 23.2 Å². The summed E-state index contributed by atoms with van der Waals surface area (Å²) in [7, 11) is -3.78. The minimum absolute atomic E-state index is 0.166. The number of anilines is 2. The zero-order valence-electron chi connectivity index (χ0n) is 19.5. The molecule has 34 heavy (non-hydrogen) atoms. The van der Waals surface area contributed by atoms with E-state index in [4.69, 9.17) is 5.73 Å². The van der Waals surface area contributed by atoms with E-state index in [9.17, 15) is 21.6 Å². The lowest BCUT2D eigenvalue weighted by molar-refractivity contribution is -0.137. The van der Waals surface area contributed by atoms with Crippen molar-refractivity contribution in [1.82, 2.24) is 15.1 Å². The molecule has 0 atom stereocenters. The van der Waals surface area contributed by atoms with Gasteiger partial charge in [0.25, 0.3) is 0 Å². The van der Waals surface area contributed by atoms with E-state index < -0.39 is 21.8 Å². The average Bonchev–Trinajstić information content (AvgIpc) is 3.30. The molecule has 1 aromatic carbocycles. The summed E-state index contributed by atoms with van der Waals surface area (Å²) in [6.07, 6.45) is 6.57. The summed E-state index contributed by atoms with van der Waals surface area (Å²) in [5.74, 6) is 0.179. The Morgan fingerprint density at radius 1 is 1.03 bits per heavy atom. The van der Waals surface area contributed by atoms with Gasteiger partial charge in [-0.25, -0.2) is 8.42 Å². The van der Waals surface area contributed by atoms with Crippen molar-refractivity contribution in [1.29, 1.82) is 0 Å². The Labute approximate surface area is 199 Å². The Morgan fingerprint density at radius 3 is 2.24 bits per heavy atom. The van der Waals surface area contributed by atoms with Crippen LogP contribution >= 0.6 is 0 Å². The van der Waals surface area contributed by atoms with Gasteiger partial charge in [0.2, 0.25) is 10.0 Å². The molecule has 1 aliphatic carbocycles. The van der Waals surface area contributed by atoms with E-state index in [2.05, 4.69) is 19.8 Å². The fourth-order valence-corrected chi connectivity index (χ4v) is 4.98. The van der Waals surface area contributed by atoms with Gasteiger partial charge in [-0.2, -0.15) is 13.2 Å². The monoisotopic (exact) mass is 499 g/mol. The molecule has 0 spiro atoms. The van der Waals surface area contributed by atoms with E-state index >= 15 is 0 Å². The van der Waals surface area contributed by atoms with Gasteiger partial charge in [0.1, 0.15) is 5.82 Å². The summed E-state index contributed by atoms with van der Waals surface area (Å²) in [4.78, 5) is 2.73. The van der Waals surface area contributed by atoms with Crippen molar-refractivity contribution >= 4 is 21.5 Å². The lowest BCUT2D eigenvalue weighted by atomic mass is 10.0. The number of alkyl halides is 3. The van der Waals surface area contributed by atoms with Gasteiger partial charge in [-0.3, -0.25) is 4.72 Å². The molecular weight excluding hydrogens is 467 g/mol. The number of benzene rings is 1. The minimum atomic E-state index is -4.60. The number of nitrogens with one attached hydrogen (secondary N) is 1. The molecule has 2 heterocycles. The van der Waals surface area contributed by atoms with Gasteiger partial charge >= 0.3 is 6.18 Å². The third-order valence-electron chi connectivity index (χ3n) is 6.17. The van der Waals surface area contributed by atoms with Crippen LogP contribution in [0.2, 0.25) is 0 Å². The van der Waals surface area contributed by atoms with Crippen LogP contribution in [0.5, 0.6) is 0 Å². The summed E-state index contributed by atoms with van der Waals surface area (Å²) in [5.41, 5.74) is 5.28. The molecule has 0 unspecified atom stereocenters. The Kier molecular flexibility index (Phi) is 8.40. The number of aryl methyl sites for hydroxylation is 1. The molecule has 2 aromatic rings. The Balaban J connectivity index is 0.000000243. The number of halogens is 3. The molecule has 1 saturated heterocycles. The third-order valence-corrected chi connectivity index (χ3v) is 6.76. The number of hydrogen-bond donors (Lipinski definition) is 2. The predicted octanol–water partition coefficient (Wildman–Crippen LogP) is 4.84. The van der Waals surface area contributed by atoms with Crippen LogP contribution in [-0.4, -0.2) is 48.9 Å². The van der Waals surface area contributed by atoms with E-state index in [1.165, 1.54) is 64.1 Å². The highest BCUT2D eigenvalue weighted by Gasteiger charge is 2.31. The lowest BCUT2D eigenvalue weighted by Crippen LogP contribution is -2.37. The molecule has 2 aliphatic rings. The molecule has 188 valence electrons. The molecule has 7 nitrogen and oxygen atoms in total. The molecule has 1 saturated carbocycles. The van der Waals surface area contributed by atoms with Crippen LogP contribution in [0.1, 0.15) is 56.1 Å². The first-order valence-corrected chi connectivity index (χ1v) is 13.4. The van der Waals surface area contributed by atoms with Crippen molar-refractivity contribution < 1.29 is 21.6 Å². The first-order chi connectivity index (χ1) is 15.9. The van der Waals surface area contributed by atoms with Crippen molar-refractivity contribution in [3.8, 4) is 11.3 Å². The smallest absolute Gasteiger partial charge is 0.382 e. The Bertz CT molecular complexity index is 1080. The lowest BCUT2D eigenvalue weighted by Gasteiger charge is -2.31. The van der Waals surface area contributed by atoms with Crippen molar-refractivity contribution in [2.75, 3.05) is 29.8 Å². The summed E-state index contributed by atoms with van der Waals surface area (Å²) >= 11 is 0. The summed E-state index contributed by atoms with van der Waals surface area (Å²) in [5, 5.41) is 7.49. The second kappa shape index (κ2) is 10.9. The van der Waals surface area contributed by atoms with Gasteiger partial charge in [-0.1, -0.05) is 25.3 Å². The van der Waals surface area contributed by atoms with Crippen molar-refractivity contribution in [2.24, 2.45) is 0 Å². The third kappa shape index (κ3) is 7.30. The molecule has 11 heteroatoms. The predicted molar refractivity (Wildman–Crippen MR) is 128 cm³/mol. The molecule has 0 amide bonds. The van der Waals surface area contributed by atoms with Crippen LogP contribution < -0.4 is 10.5 Å². The number of rotatable bonds is 4. The van der Waals surface area contributed by atoms with Crippen LogP contribution in [0, 0.1) is 6.92 Å². The normalized spacial score (nSPS) is 17.8. The molecule has 1 aromatic heterocycles. The number of nitrogens with zero attached hydrogens (tertiary/aromatic N) is 3. The topological polar surface area (TPSA) is 101 Å². The van der Waals surface area contributed by atoms with Crippen LogP contribution in [0.3, 0.4) is 0 Å². The van der Waals surface area contributed by atoms with Crippen LogP contribution in [0.4, 0.5) is 24.7 Å². The van der Waals surface area contributed by atoms with Crippen LogP contribution in [0.25, 0.3) is 11.3 Å². The summed E-state index contributed by atoms with van der Waals surface area (Å²) in [6.45, 7) is 4.44. The maximum Gasteiger partial charge on any atom is 0.416 e. The molecule has 0 radical (unpaired) electrons. The number of aromatic nitrogens is 2. The summed E-state index contributed by atoms with van der Waals surface area (Å²) < 4.78 is 63.4. The van der Waals surface area contributed by atoms with E-state index in [0.717, 1.165) is 24.4 Å². The molecule has 0 bridgehead atoms. The van der Waals surface area contributed by atoms with Crippen LogP contribution in [0.15, 0.2) is 24.3 Å². The Morgan fingerprint density at radius 2 is 1.68 bits per heavy atom. The van der Waals surface area contributed by atoms with Gasteiger partial charge in [0, 0.05) is 11.6 Å². The standard InChI is InChI=1S/C13H13F3N4O2S.C10H19N/c1-7-5-10(18-19-12(7)17)9-4-3-8(13(14,15)16)6-11(9)20-23(2,21)22;1-4-8-11(9-5-1)10-6-2-3-7-10/h3-6,20H,1-2H3,(H2,17,19);10H,1-9H2. The highest BCUT2D eigenvalue weighted by Crippen LogP contribution is 2.36. The number of sulfonamides is 1. The van der Waals surface area contributed by atoms with E-state index in [1.807, 2.05) is 0 Å². The highest BCUT2D eigenvalue weighted by atomic mass is 32.2. The fraction of sp³-hybridized carbons (Fsp3) is 0.565. The highest BCUT2D eigenvalue weighted by molar-refractivity contribution is 7.92. The zero-order valence-corrected chi connectivity index (χ0v) is 20.3. The number of likely N-dealkylation sites (tertiary alicyclic amines) is 1. The first-order valence-electron chi connectivity index (χ1n) is 11.5. The number of hydrogen-bond acceptors (Lipinski definition) is 6. The van der Waals surface area contributed by atoms with Crippen molar-refractivity contribution in [3.05, 3.63) is 35.4 Å².